The fourth-order valence-corrected chi connectivity index (χ4v) is 10.4. The van der Waals surface area contributed by atoms with Crippen molar-refractivity contribution in [2.45, 2.75) is 80.7 Å². The number of nitrogens with zero attached hydrogens (tertiary/aromatic N) is 10. The fourth-order valence-electron chi connectivity index (χ4n) is 7.56. The average molecular weight is 1460 g/mol. The van der Waals surface area contributed by atoms with Crippen LogP contribution in [-0.4, -0.2) is 81.5 Å². The summed E-state index contributed by atoms with van der Waals surface area (Å²) in [5.41, 5.74) is 9.51. The summed E-state index contributed by atoms with van der Waals surface area (Å²) in [5.74, 6) is 0. The number of aliphatic hydroxyl groups excluding tert-OH is 1. The Morgan fingerprint density at radius 1 is 0.593 bits per heavy atom. The molecule has 0 atom stereocenters. The van der Waals surface area contributed by atoms with E-state index in [0.717, 1.165) is 24.1 Å². The summed E-state index contributed by atoms with van der Waals surface area (Å²) in [7, 11) is 1.05. The number of alkyl halides is 5. The van der Waals surface area contributed by atoms with Crippen LogP contribution in [0.25, 0.3) is 16.9 Å². The summed E-state index contributed by atoms with van der Waals surface area (Å²) in [4.78, 5) is 50.8. The van der Waals surface area contributed by atoms with Gasteiger partial charge < -0.3 is 15.7 Å². The molecule has 0 aliphatic heterocycles. The molecule has 0 saturated heterocycles. The van der Waals surface area contributed by atoms with E-state index in [1.807, 2.05) is 32.1 Å². The maximum atomic E-state index is 12.2. The van der Waals surface area contributed by atoms with E-state index in [0.29, 0.717) is 56.7 Å². The topological polar surface area (TPSA) is 271 Å². The van der Waals surface area contributed by atoms with Crippen molar-refractivity contribution in [3.05, 3.63) is 191 Å². The smallest absolute Gasteiger partial charge is 0.276 e. The first kappa shape index (κ1) is 71.5. The van der Waals surface area contributed by atoms with Crippen LogP contribution in [-0.2, 0) is 24.8 Å². The van der Waals surface area contributed by atoms with Gasteiger partial charge in [0.2, 0.25) is 0 Å². The summed E-state index contributed by atoms with van der Waals surface area (Å²) in [6.45, 7) is 17.1. The molecule has 0 saturated carbocycles. The van der Waals surface area contributed by atoms with E-state index in [1.165, 1.54) is 74.7 Å². The van der Waals surface area contributed by atoms with E-state index in [9.17, 15) is 14.4 Å². The van der Waals surface area contributed by atoms with Gasteiger partial charge in [-0.25, -0.2) is 28.5 Å². The van der Waals surface area contributed by atoms with Crippen molar-refractivity contribution < 1.29 is 5.11 Å². The Morgan fingerprint density at radius 3 is 1.20 bits per heavy atom. The monoisotopic (exact) mass is 1460 g/mol. The van der Waals surface area contributed by atoms with E-state index in [4.69, 9.17) is 20.9 Å². The molecule has 18 nitrogen and oxygen atoms in total. The Hall–Kier alpha value is -5.61. The molecule has 430 valence electrons. The molecule has 0 amide bonds. The second kappa shape index (κ2) is 36.8. The number of aliphatic hydroxyl groups is 1. The minimum atomic E-state index is -0.446. The van der Waals surface area contributed by atoms with Crippen LogP contribution in [0, 0.1) is 47.8 Å². The van der Waals surface area contributed by atoms with Gasteiger partial charge in [-0.1, -0.05) is 148 Å². The van der Waals surface area contributed by atoms with Crippen LogP contribution in [0.5, 0.6) is 0 Å². The van der Waals surface area contributed by atoms with Crippen LogP contribution in [0.2, 0.25) is 0 Å². The predicted octanol–water partition coefficient (Wildman–Crippen LogP) is 10.2. The molecule has 0 radical (unpaired) electrons. The van der Waals surface area contributed by atoms with Crippen LogP contribution < -0.4 is 38.3 Å². The van der Waals surface area contributed by atoms with Gasteiger partial charge in [0.25, 0.3) is 16.7 Å². The fraction of sp³-hybridized carbons (Fsp3) is 0.304. The number of fused-ring (bicyclic) bond motifs is 3. The number of nitrogens with two attached hydrogens (primary N) is 1. The van der Waals surface area contributed by atoms with Gasteiger partial charge in [0.05, 0.1) is 23.7 Å². The highest BCUT2D eigenvalue weighted by Crippen LogP contribution is 2.39. The molecule has 0 aliphatic rings. The van der Waals surface area contributed by atoms with Crippen molar-refractivity contribution in [3.8, 4) is 18.2 Å². The maximum absolute atomic E-state index is 12.2. The quantitative estimate of drug-likeness (QED) is 0.0598. The number of H-pyrrole nitrogens is 3. The number of halogens is 6. The van der Waals surface area contributed by atoms with Crippen LogP contribution in [0.3, 0.4) is 0 Å². The van der Waals surface area contributed by atoms with Crippen molar-refractivity contribution in [3.63, 3.8) is 0 Å². The SMILES string of the molecule is BrC(Br)(Br)Br.CCCc1nc2c(C#N)c[nH]n2c(=O)c1CC.CCN(CC)CC.CN.Cc1c(CBr)nc2c(C#N)c[nH]n2c1=O.Cc1c(CO)nc2c(C#N)c[nH]n2c1=O.Cl.c1ccc(P(c2ccccc2)c2ccccc2)cc1. The van der Waals surface area contributed by atoms with Gasteiger partial charge in [-0.05, 0) is 141 Å². The summed E-state index contributed by atoms with van der Waals surface area (Å²) < 4.78 is 3.56. The third kappa shape index (κ3) is 20.4. The first-order valence-corrected chi connectivity index (χ1v) is 30.7. The van der Waals surface area contributed by atoms with Crippen molar-refractivity contribution in [2.75, 3.05) is 26.7 Å². The molecule has 0 unspecified atom stereocenters. The molecule has 0 bridgehead atoms. The molecule has 25 heteroatoms. The van der Waals surface area contributed by atoms with E-state index in [-0.39, 0.29) is 48.0 Å². The lowest BCUT2D eigenvalue weighted by Crippen LogP contribution is -2.22. The molecule has 6 heterocycles. The van der Waals surface area contributed by atoms with Crippen molar-refractivity contribution in [1.82, 2.24) is 48.7 Å². The molecular weight excluding hydrogens is 1400 g/mol. The summed E-state index contributed by atoms with van der Waals surface area (Å²) in [6, 6.07) is 38.2. The number of aryl methyl sites for hydroxylation is 1. The standard InChI is InChI=1S/C18H15P.C12H14N4O.C9H7BrN4O.C9H8N4O2.C6H15N.CBr4.CH5N.ClH/c1-4-10-16(11-5-1)19(17-12-6-2-7-13-17)18-14-8-3-9-15-18;1-3-5-10-9(4-2)12(17)16-11(15-10)8(6-13)7-14-16;1-5-7(2-10)13-8-6(3-11)4-12-14(8)9(5)15;1-5-7(4-14)12-8-6(2-10)3-11-13(8)9(5)15;1-4-7(5-2)6-3;2-1(3,4)5;1-2;/h1-15H;7,14H,3-5H2,1-2H3;4,12H,2H2,1H3;3,11,14H,4H2,1H3;4-6H2,1-3H3;;2H2,1H3;1H. The Bertz CT molecular complexity index is 3460. The zero-order valence-corrected chi connectivity index (χ0v) is 55.7. The third-order valence-corrected chi connectivity index (χ3v) is 14.7. The highest BCUT2D eigenvalue weighted by molar-refractivity contribution is 9.52. The Kier molecular flexibility index (Phi) is 32.5. The third-order valence-electron chi connectivity index (χ3n) is 11.7. The zero-order valence-electron chi connectivity index (χ0n) is 46.0. The van der Waals surface area contributed by atoms with Crippen LogP contribution in [0.4, 0.5) is 0 Å². The number of benzene rings is 3. The zero-order chi connectivity index (χ0) is 59.5. The van der Waals surface area contributed by atoms with Crippen LogP contribution in [0.1, 0.15) is 91.5 Å². The van der Waals surface area contributed by atoms with E-state index < -0.39 is 7.92 Å². The Labute approximate surface area is 520 Å². The molecule has 0 aliphatic carbocycles. The van der Waals surface area contributed by atoms with Crippen molar-refractivity contribution in [2.24, 2.45) is 5.73 Å². The molecule has 81 heavy (non-hydrogen) atoms. The average Bonchev–Trinajstić information content (AvgIpc) is 4.41. The molecular formula is C56H65Br5ClN14O4P. The lowest BCUT2D eigenvalue weighted by Gasteiger charge is -2.18. The first-order chi connectivity index (χ1) is 38.4. The maximum Gasteiger partial charge on any atom is 0.276 e. The lowest BCUT2D eigenvalue weighted by molar-refractivity contribution is 0.276. The van der Waals surface area contributed by atoms with Crippen LogP contribution >= 0.6 is 100.0 Å². The number of hydrogen-bond acceptors (Lipinski definition) is 12. The van der Waals surface area contributed by atoms with E-state index >= 15 is 0 Å². The normalized spacial score (nSPS) is 10.3. The molecule has 0 fully saturated rings. The molecule has 6 aromatic heterocycles. The molecule has 9 rings (SSSR count). The van der Waals surface area contributed by atoms with Gasteiger partial charge in [0.15, 0.2) is 18.0 Å². The number of aromatic nitrogens is 9. The molecule has 9 aromatic rings. The van der Waals surface area contributed by atoms with Crippen molar-refractivity contribution >= 4 is 133 Å². The number of rotatable bonds is 11. The van der Waals surface area contributed by atoms with Crippen LogP contribution in [0.15, 0.2) is 124 Å². The molecule has 3 aromatic carbocycles. The van der Waals surface area contributed by atoms with Gasteiger partial charge in [0.1, 0.15) is 34.9 Å². The molecule has 6 N–H and O–H groups in total. The Morgan fingerprint density at radius 2 is 0.914 bits per heavy atom. The predicted molar refractivity (Wildman–Crippen MR) is 347 cm³/mol. The minimum absolute atomic E-state index is 0. The number of hydrogen-bond donors (Lipinski definition) is 5. The summed E-state index contributed by atoms with van der Waals surface area (Å²) in [6.07, 6.45) is 6.75. The van der Waals surface area contributed by atoms with Gasteiger partial charge >= 0.3 is 0 Å². The summed E-state index contributed by atoms with van der Waals surface area (Å²) in [5, 5.41) is 48.3. The highest BCUT2D eigenvalue weighted by atomic mass is 80.0. The first-order valence-electron chi connectivity index (χ1n) is 25.1. The number of aromatic amines is 3. The second-order valence-electron chi connectivity index (χ2n) is 16.5. The van der Waals surface area contributed by atoms with Gasteiger partial charge in [-0.3, -0.25) is 29.7 Å². The van der Waals surface area contributed by atoms with Crippen molar-refractivity contribution in [1.29, 1.82) is 15.8 Å². The second-order valence-corrected chi connectivity index (χ2v) is 30.4. The molecule has 0 spiro atoms. The minimum Gasteiger partial charge on any atom is -0.390 e. The Balaban J connectivity index is 0.000000342. The summed E-state index contributed by atoms with van der Waals surface area (Å²) >= 11 is 15.8. The lowest BCUT2D eigenvalue weighted by atomic mass is 10.1. The highest BCUT2D eigenvalue weighted by Gasteiger charge is 2.17. The van der Waals surface area contributed by atoms with Gasteiger partial charge in [-0.2, -0.15) is 15.8 Å². The van der Waals surface area contributed by atoms with Gasteiger partial charge in [-0.15, -0.1) is 12.4 Å². The number of nitriles is 3. The van der Waals surface area contributed by atoms with E-state index in [1.54, 1.807) is 13.8 Å². The largest absolute Gasteiger partial charge is 0.390 e. The van der Waals surface area contributed by atoms with E-state index in [2.05, 4.69) is 232 Å². The number of nitrogens with one attached hydrogen (secondary N) is 3. The van der Waals surface area contributed by atoms with Gasteiger partial charge in [0, 0.05) is 40.6 Å².